The topological polar surface area (TPSA) is 121 Å². The van der Waals surface area contributed by atoms with Crippen LogP contribution in [0.15, 0.2) is 53.5 Å². The Hall–Kier alpha value is -4.65. The molecular formula is C31H31F3N4O6. The highest BCUT2D eigenvalue weighted by molar-refractivity contribution is 5.99. The maximum Gasteiger partial charge on any atom is 0.274 e. The van der Waals surface area contributed by atoms with E-state index >= 15 is 0 Å². The van der Waals surface area contributed by atoms with E-state index in [-0.39, 0.29) is 43.0 Å². The van der Waals surface area contributed by atoms with Gasteiger partial charge in [-0.2, -0.15) is 0 Å². The average molecular weight is 613 g/mol. The van der Waals surface area contributed by atoms with Crippen molar-refractivity contribution in [3.63, 3.8) is 0 Å². The minimum Gasteiger partial charge on any atom is -0.483 e. The molecule has 5 rings (SSSR count). The quantitative estimate of drug-likeness (QED) is 0.295. The average Bonchev–Trinajstić information content (AvgIpc) is 3.12. The number of hydroxylamine groups is 2. The first-order valence-electron chi connectivity index (χ1n) is 14.1. The molecule has 2 aliphatic heterocycles. The van der Waals surface area contributed by atoms with Gasteiger partial charge in [-0.1, -0.05) is 30.3 Å². The normalized spacial score (nSPS) is 19.2. The lowest BCUT2D eigenvalue weighted by molar-refractivity contribution is -0.160. The molecule has 13 heteroatoms. The van der Waals surface area contributed by atoms with Crippen molar-refractivity contribution < 1.29 is 37.5 Å². The van der Waals surface area contributed by atoms with Crippen molar-refractivity contribution in [2.75, 3.05) is 13.6 Å². The highest BCUT2D eigenvalue weighted by atomic mass is 19.1. The Morgan fingerprint density at radius 1 is 1.09 bits per heavy atom. The summed E-state index contributed by atoms with van der Waals surface area (Å²) in [7, 11) is 1.22. The summed E-state index contributed by atoms with van der Waals surface area (Å²) in [5, 5.41) is 12.5. The third-order valence-corrected chi connectivity index (χ3v) is 8.23. The van der Waals surface area contributed by atoms with E-state index in [1.807, 2.05) is 6.92 Å². The molecule has 0 aliphatic carbocycles. The second kappa shape index (κ2) is 12.5. The number of hydrogen-bond donors (Lipinski definition) is 2. The number of fused-ring (bicyclic) bond motifs is 4. The highest BCUT2D eigenvalue weighted by Gasteiger charge is 2.43. The van der Waals surface area contributed by atoms with Crippen LogP contribution in [0.25, 0.3) is 0 Å². The molecule has 232 valence electrons. The summed E-state index contributed by atoms with van der Waals surface area (Å²) in [6.07, 6.45) is 2.20. The molecule has 2 aliphatic rings. The van der Waals surface area contributed by atoms with Crippen LogP contribution in [0.3, 0.4) is 0 Å². The van der Waals surface area contributed by atoms with Crippen LogP contribution in [0, 0.1) is 23.4 Å². The van der Waals surface area contributed by atoms with Crippen LogP contribution >= 0.6 is 0 Å². The number of carbonyl (C=O) groups excluding carboxylic acids is 3. The van der Waals surface area contributed by atoms with Crippen LogP contribution in [0.5, 0.6) is 5.75 Å². The van der Waals surface area contributed by atoms with Crippen molar-refractivity contribution in [2.45, 2.75) is 51.4 Å². The molecular weight excluding hydrogens is 581 g/mol. The lowest BCUT2D eigenvalue weighted by Gasteiger charge is -2.39. The van der Waals surface area contributed by atoms with Crippen LogP contribution in [-0.4, -0.2) is 57.1 Å². The standard InChI is InChI=1S/C31H31F3N4O6/c1-17-8-9-19(10-26(39)36(2)43)25-15-37(17)31(42)27-29(44-16-18-6-4-3-5-7-18)28(40)22(14-38(25)27)30(41)35-13-21-23(33)11-20(32)12-24(21)34/h3-7,11-12,14,17,19,25,43H,8-10,13,15-16H2,1-2H3,(H,35,41)/t17-,19-,25+/m0/s1. The first-order valence-corrected chi connectivity index (χ1v) is 14.1. The molecule has 3 heterocycles. The van der Waals surface area contributed by atoms with Gasteiger partial charge in [0.05, 0.1) is 6.04 Å². The predicted octanol–water partition coefficient (Wildman–Crippen LogP) is 3.81. The molecule has 2 aromatic carbocycles. The van der Waals surface area contributed by atoms with Gasteiger partial charge in [0.15, 0.2) is 11.4 Å². The van der Waals surface area contributed by atoms with Crippen LogP contribution in [0.4, 0.5) is 13.2 Å². The zero-order valence-electron chi connectivity index (χ0n) is 24.1. The molecule has 1 aromatic heterocycles. The van der Waals surface area contributed by atoms with Crippen LogP contribution in [0.2, 0.25) is 0 Å². The molecule has 10 nitrogen and oxygen atoms in total. The summed E-state index contributed by atoms with van der Waals surface area (Å²) < 4.78 is 49.3. The Morgan fingerprint density at radius 2 is 1.77 bits per heavy atom. The monoisotopic (exact) mass is 612 g/mol. The van der Waals surface area contributed by atoms with Gasteiger partial charge in [-0.15, -0.1) is 0 Å². The molecule has 0 radical (unpaired) electrons. The van der Waals surface area contributed by atoms with Crippen molar-refractivity contribution in [3.05, 3.63) is 98.7 Å². The third kappa shape index (κ3) is 6.05. The van der Waals surface area contributed by atoms with Gasteiger partial charge in [-0.3, -0.25) is 24.4 Å². The number of ether oxygens (including phenoxy) is 1. The predicted molar refractivity (Wildman–Crippen MR) is 150 cm³/mol. The molecule has 0 spiro atoms. The molecule has 3 aromatic rings. The third-order valence-electron chi connectivity index (χ3n) is 8.23. The number of carbonyl (C=O) groups is 3. The van der Waals surface area contributed by atoms with Gasteiger partial charge in [0.1, 0.15) is 29.6 Å². The van der Waals surface area contributed by atoms with E-state index in [1.165, 1.54) is 17.8 Å². The Labute approximate surface area is 250 Å². The molecule has 2 bridgehead atoms. The zero-order valence-corrected chi connectivity index (χ0v) is 24.1. The van der Waals surface area contributed by atoms with Crippen LogP contribution in [-0.2, 0) is 17.9 Å². The van der Waals surface area contributed by atoms with E-state index in [2.05, 4.69) is 5.32 Å². The minimum absolute atomic E-state index is 0.0666. The molecule has 44 heavy (non-hydrogen) atoms. The van der Waals surface area contributed by atoms with E-state index < -0.39 is 64.3 Å². The highest BCUT2D eigenvalue weighted by Crippen LogP contribution is 2.39. The van der Waals surface area contributed by atoms with Gasteiger partial charge >= 0.3 is 0 Å². The van der Waals surface area contributed by atoms with E-state index in [4.69, 9.17) is 4.74 Å². The van der Waals surface area contributed by atoms with Crippen molar-refractivity contribution in [3.8, 4) is 5.75 Å². The fraction of sp³-hybridized carbons (Fsp3) is 0.355. The summed E-state index contributed by atoms with van der Waals surface area (Å²) in [4.78, 5) is 55.2. The lowest BCUT2D eigenvalue weighted by atomic mass is 9.90. The number of nitrogens with zero attached hydrogens (tertiary/aromatic N) is 3. The van der Waals surface area contributed by atoms with E-state index in [9.17, 15) is 37.6 Å². The molecule has 1 saturated heterocycles. The van der Waals surface area contributed by atoms with Crippen molar-refractivity contribution >= 4 is 17.7 Å². The first-order chi connectivity index (χ1) is 21.0. The van der Waals surface area contributed by atoms with E-state index in [0.29, 0.717) is 35.6 Å². The number of pyridine rings is 1. The van der Waals surface area contributed by atoms with Gasteiger partial charge in [-0.05, 0) is 31.2 Å². The summed E-state index contributed by atoms with van der Waals surface area (Å²) >= 11 is 0. The Balaban J connectivity index is 1.59. The summed E-state index contributed by atoms with van der Waals surface area (Å²) in [6, 6.07) is 9.00. The summed E-state index contributed by atoms with van der Waals surface area (Å²) in [5.74, 6) is -6.34. The molecule has 3 atom stereocenters. The van der Waals surface area contributed by atoms with Gasteiger partial charge in [-0.25, -0.2) is 18.2 Å². The number of hydrogen-bond acceptors (Lipinski definition) is 6. The molecule has 3 amide bonds. The number of benzene rings is 2. The zero-order chi connectivity index (χ0) is 31.7. The summed E-state index contributed by atoms with van der Waals surface area (Å²) in [5.41, 5.74) is -1.37. The Bertz CT molecular complexity index is 1640. The maximum atomic E-state index is 14.2. The van der Waals surface area contributed by atoms with Gasteiger partial charge < -0.3 is 19.5 Å². The SMILES string of the molecule is C[C@H]1CC[C@@H](CC(=O)N(C)O)[C@H]2CN1C(=O)c1c(OCc3ccccc3)c(=O)c(C(=O)NCc3c(F)cc(F)cc3F)cn12. The van der Waals surface area contributed by atoms with Crippen molar-refractivity contribution in [1.29, 1.82) is 0 Å². The number of rotatable bonds is 8. The van der Waals surface area contributed by atoms with Gasteiger partial charge in [0, 0.05) is 56.5 Å². The first kappa shape index (κ1) is 30.8. The fourth-order valence-corrected chi connectivity index (χ4v) is 5.77. The minimum atomic E-state index is -1.21. The Kier molecular flexibility index (Phi) is 8.77. The van der Waals surface area contributed by atoms with Crippen LogP contribution in [0.1, 0.15) is 64.2 Å². The molecule has 0 unspecified atom stereocenters. The maximum absolute atomic E-state index is 14.2. The number of nitrogens with one attached hydrogen (secondary N) is 1. The lowest BCUT2D eigenvalue weighted by Crippen LogP contribution is -2.49. The van der Waals surface area contributed by atoms with Crippen molar-refractivity contribution in [1.82, 2.24) is 19.8 Å². The number of aromatic nitrogens is 1. The van der Waals surface area contributed by atoms with E-state index in [1.54, 1.807) is 35.2 Å². The molecule has 1 fully saturated rings. The summed E-state index contributed by atoms with van der Waals surface area (Å²) in [6.45, 7) is 1.25. The van der Waals surface area contributed by atoms with Crippen LogP contribution < -0.4 is 15.5 Å². The molecule has 0 saturated carbocycles. The van der Waals surface area contributed by atoms with Gasteiger partial charge in [0.25, 0.3) is 11.8 Å². The number of amides is 3. The number of halogens is 3. The van der Waals surface area contributed by atoms with E-state index in [0.717, 1.165) is 0 Å². The molecule has 2 N–H and O–H groups in total. The second-order valence-electron chi connectivity index (χ2n) is 11.1. The second-order valence-corrected chi connectivity index (χ2v) is 11.1. The van der Waals surface area contributed by atoms with Gasteiger partial charge in [0.2, 0.25) is 11.3 Å². The fourth-order valence-electron chi connectivity index (χ4n) is 5.77. The van der Waals surface area contributed by atoms with Crippen molar-refractivity contribution in [2.24, 2.45) is 5.92 Å². The smallest absolute Gasteiger partial charge is 0.274 e. The Morgan fingerprint density at radius 3 is 2.43 bits per heavy atom. The largest absolute Gasteiger partial charge is 0.483 e.